The summed E-state index contributed by atoms with van der Waals surface area (Å²) in [5.41, 5.74) is -9.60. The van der Waals surface area contributed by atoms with Crippen LogP contribution in [0, 0.1) is 10.8 Å². The zero-order chi connectivity index (χ0) is 38.4. The van der Waals surface area contributed by atoms with Crippen molar-refractivity contribution in [2.24, 2.45) is 10.8 Å². The van der Waals surface area contributed by atoms with Gasteiger partial charge in [0.1, 0.15) is 5.60 Å². The van der Waals surface area contributed by atoms with E-state index in [2.05, 4.69) is 0 Å². The molecule has 0 amide bonds. The fourth-order valence-electron chi connectivity index (χ4n) is 3.10. The molecule has 0 aromatic heterocycles. The molecule has 0 aromatic rings. The summed E-state index contributed by atoms with van der Waals surface area (Å²) < 4.78 is 14.1. The Balaban J connectivity index is -0.00000119. The summed E-state index contributed by atoms with van der Waals surface area (Å²) in [4.78, 5) is 76.9. The number of rotatable bonds is 19. The molecule has 0 aliphatic rings. The largest absolute Gasteiger partial charge is 0.485 e. The second-order valence-corrected chi connectivity index (χ2v) is 10.1. The summed E-state index contributed by atoms with van der Waals surface area (Å²) in [5.74, 6) is -8.29. The van der Waals surface area contributed by atoms with Crippen LogP contribution in [0.1, 0.15) is 0 Å². The molecule has 0 fully saturated rings. The highest BCUT2D eigenvalue weighted by Gasteiger charge is 2.61. The summed E-state index contributed by atoms with van der Waals surface area (Å²) in [5, 5.41) is 111. The summed E-state index contributed by atoms with van der Waals surface area (Å²) in [6, 6.07) is 0. The van der Waals surface area contributed by atoms with E-state index in [1.165, 1.54) is 0 Å². The summed E-state index contributed by atoms with van der Waals surface area (Å²) in [7, 11) is -4.64. The minimum Gasteiger partial charge on any atom is -0.485 e. The Kier molecular flexibility index (Phi) is 22.3. The summed E-state index contributed by atoms with van der Waals surface area (Å²) >= 11 is 0. The molecular weight excluding hydrogens is 683 g/mol. The van der Waals surface area contributed by atoms with Gasteiger partial charge in [0, 0.05) is 24.3 Å². The first-order valence-corrected chi connectivity index (χ1v) is 13.9. The molecule has 0 atom stereocenters. The number of aliphatic hydroxyl groups is 7. The van der Waals surface area contributed by atoms with Crippen LogP contribution in [0.5, 0.6) is 0 Å². The number of carboxylic acids is 5. The lowest BCUT2D eigenvalue weighted by molar-refractivity contribution is -0.162. The van der Waals surface area contributed by atoms with Crippen molar-refractivity contribution in [2.75, 3.05) is 39.6 Å². The van der Waals surface area contributed by atoms with Crippen LogP contribution in [0.2, 0.25) is 0 Å². The fraction of sp³-hybridized carbons (Fsp3) is 0.400. The zero-order valence-corrected chi connectivity index (χ0v) is 25.4. The predicted octanol–water partition coefficient (Wildman–Crippen LogP) is -4.38. The number of hydrogen-bond acceptors (Lipinski definition) is 14. The van der Waals surface area contributed by atoms with Gasteiger partial charge in [-0.05, 0) is 24.3 Å². The lowest BCUT2D eigenvalue weighted by Gasteiger charge is -2.51. The Hall–Kier alpha value is -4.32. The van der Waals surface area contributed by atoms with Crippen LogP contribution in [0.4, 0.5) is 0 Å². The molecule has 0 radical (unpaired) electrons. The van der Waals surface area contributed by atoms with E-state index in [-0.39, 0.29) is 0 Å². The average Bonchev–Trinajstić information content (AvgIpc) is 2.98. The second-order valence-electron chi connectivity index (χ2n) is 9.11. The normalized spacial score (nSPS) is 15.0. The smallest absolute Gasteiger partial charge is 0.466 e. The van der Waals surface area contributed by atoms with E-state index in [1.54, 1.807) is 0 Å². The third kappa shape index (κ3) is 17.6. The standard InChI is InChI=1S/C20H22O14.C5H12O4.H3O4P/c21-11-18(12-22,19(33,6-1-13(23)24)7-2-14(25)26)20(8-3-15(27)28,9-4-16(29)30)34-10-5-17(31)32;6-1-5(2-7,3-8)4-9;1-5(2,3)4/h1-10,21-22,33H,11-12H2,(H,23,24)(H,25,26)(H,27,28)(H,29,30)(H,31,32);6-9H,1-4H2;(H3,1,2,3,4). The molecule has 23 heteroatoms. The van der Waals surface area contributed by atoms with Crippen molar-refractivity contribution in [3.05, 3.63) is 60.9 Å². The van der Waals surface area contributed by atoms with Crippen molar-refractivity contribution in [1.82, 2.24) is 0 Å². The van der Waals surface area contributed by atoms with Gasteiger partial charge in [0.05, 0.1) is 62.8 Å². The zero-order valence-electron chi connectivity index (χ0n) is 24.5. The van der Waals surface area contributed by atoms with Crippen LogP contribution in [0.25, 0.3) is 0 Å². The number of hydrogen-bond donors (Lipinski definition) is 15. The van der Waals surface area contributed by atoms with E-state index >= 15 is 0 Å². The minimum absolute atomic E-state index is 0.298. The lowest BCUT2D eigenvalue weighted by Crippen LogP contribution is -2.64. The van der Waals surface area contributed by atoms with Crippen molar-refractivity contribution >= 4 is 37.7 Å². The molecule has 0 rings (SSSR count). The van der Waals surface area contributed by atoms with Crippen LogP contribution in [-0.4, -0.2) is 157 Å². The van der Waals surface area contributed by atoms with Gasteiger partial charge in [0.25, 0.3) is 0 Å². The third-order valence-corrected chi connectivity index (χ3v) is 5.78. The molecule has 0 unspecified atom stereocenters. The maximum absolute atomic E-state index is 11.3. The summed E-state index contributed by atoms with van der Waals surface area (Å²) in [6.45, 7) is -4.48. The number of carboxylic acid groups (broad SMARTS) is 5. The van der Waals surface area contributed by atoms with E-state index in [0.29, 0.717) is 60.9 Å². The Labute approximate surface area is 269 Å². The Morgan fingerprint density at radius 2 is 0.792 bits per heavy atom. The van der Waals surface area contributed by atoms with Gasteiger partial charge in [0.2, 0.25) is 0 Å². The van der Waals surface area contributed by atoms with E-state index in [9.17, 15) is 39.3 Å². The predicted molar refractivity (Wildman–Crippen MR) is 154 cm³/mol. The van der Waals surface area contributed by atoms with Crippen LogP contribution in [-0.2, 0) is 33.3 Å². The maximum Gasteiger partial charge on any atom is 0.466 e. The van der Waals surface area contributed by atoms with Gasteiger partial charge >= 0.3 is 37.7 Å². The lowest BCUT2D eigenvalue weighted by atomic mass is 9.60. The number of carbonyl (C=O) groups is 5. The molecule has 22 nitrogen and oxygen atoms in total. The second kappa shape index (κ2) is 22.3. The van der Waals surface area contributed by atoms with Gasteiger partial charge in [-0.2, -0.15) is 0 Å². The van der Waals surface area contributed by atoms with Crippen molar-refractivity contribution in [1.29, 1.82) is 0 Å². The Bertz CT molecular complexity index is 1180. The van der Waals surface area contributed by atoms with Gasteiger partial charge in [0.15, 0.2) is 5.60 Å². The highest BCUT2D eigenvalue weighted by Crippen LogP contribution is 2.47. The van der Waals surface area contributed by atoms with Crippen LogP contribution >= 0.6 is 7.82 Å². The van der Waals surface area contributed by atoms with Gasteiger partial charge in [-0.3, -0.25) is 0 Å². The first-order chi connectivity index (χ1) is 21.9. The highest BCUT2D eigenvalue weighted by molar-refractivity contribution is 7.45. The molecule has 0 spiro atoms. The SMILES string of the molecule is O=C(O)C=COC(C=CC(=O)O)(C=CC(=O)O)C(CO)(CO)C(O)(C=CC(=O)O)C=CC(=O)O.O=P(O)(O)O.OCC(CO)(CO)CO. The molecule has 0 saturated carbocycles. The van der Waals surface area contributed by atoms with Crippen LogP contribution in [0.15, 0.2) is 60.9 Å². The van der Waals surface area contributed by atoms with Gasteiger partial charge in [-0.1, -0.05) is 0 Å². The molecule has 0 bridgehead atoms. The van der Waals surface area contributed by atoms with E-state index < -0.39 is 99.3 Å². The summed E-state index contributed by atoms with van der Waals surface area (Å²) in [6.07, 6.45) is 3.93. The quantitative estimate of drug-likeness (QED) is 0.0340. The van der Waals surface area contributed by atoms with E-state index in [1.807, 2.05) is 0 Å². The number of ether oxygens (including phenoxy) is 1. The molecule has 0 aliphatic heterocycles. The molecule has 0 heterocycles. The topological polar surface area (TPSA) is 415 Å². The highest BCUT2D eigenvalue weighted by atomic mass is 31.2. The number of aliphatic hydroxyl groups excluding tert-OH is 6. The van der Waals surface area contributed by atoms with Crippen molar-refractivity contribution in [3.63, 3.8) is 0 Å². The number of aliphatic carboxylic acids is 5. The van der Waals surface area contributed by atoms with Crippen molar-refractivity contribution < 1.29 is 109 Å². The van der Waals surface area contributed by atoms with Gasteiger partial charge < -0.3 is 80.7 Å². The molecule has 274 valence electrons. The van der Waals surface area contributed by atoms with E-state index in [0.717, 1.165) is 0 Å². The third-order valence-electron chi connectivity index (χ3n) is 5.78. The van der Waals surface area contributed by atoms with Crippen LogP contribution < -0.4 is 0 Å². The molecule has 0 aliphatic carbocycles. The molecular formula is C25H37O22P. The van der Waals surface area contributed by atoms with Crippen LogP contribution in [0.3, 0.4) is 0 Å². The van der Waals surface area contributed by atoms with Crippen molar-refractivity contribution in [3.8, 4) is 0 Å². The maximum atomic E-state index is 11.3. The molecule has 0 saturated heterocycles. The fourth-order valence-corrected chi connectivity index (χ4v) is 3.10. The monoisotopic (exact) mass is 720 g/mol. The van der Waals surface area contributed by atoms with Gasteiger partial charge in [-0.15, -0.1) is 0 Å². The Morgan fingerprint density at radius 1 is 0.521 bits per heavy atom. The Morgan fingerprint density at radius 3 is 1.00 bits per heavy atom. The first kappa shape index (κ1) is 48.1. The minimum atomic E-state index is -4.64. The average molecular weight is 721 g/mol. The molecule has 48 heavy (non-hydrogen) atoms. The van der Waals surface area contributed by atoms with E-state index in [4.69, 9.17) is 69.9 Å². The van der Waals surface area contributed by atoms with Gasteiger partial charge in [-0.25, -0.2) is 28.5 Å². The molecule has 15 N–H and O–H groups in total. The number of phosphoric acid groups is 1. The van der Waals surface area contributed by atoms with Crippen molar-refractivity contribution in [2.45, 2.75) is 11.2 Å². The molecule has 0 aromatic carbocycles. The first-order valence-electron chi connectivity index (χ1n) is 12.4.